The van der Waals surface area contributed by atoms with Crippen molar-refractivity contribution in [1.29, 1.82) is 0 Å². The van der Waals surface area contributed by atoms with Gasteiger partial charge in [-0.05, 0) is 32.6 Å². The molecule has 0 N–H and O–H groups in total. The van der Waals surface area contributed by atoms with Crippen molar-refractivity contribution in [3.05, 3.63) is 11.8 Å². The Hall–Kier alpha value is -0.460. The minimum atomic E-state index is 0.878. The Morgan fingerprint density at radius 2 is 2.08 bits per heavy atom. The van der Waals surface area contributed by atoms with E-state index >= 15 is 0 Å². The van der Waals surface area contributed by atoms with Crippen molar-refractivity contribution in [2.45, 2.75) is 53.4 Å². The number of hydrogen-bond acceptors (Lipinski definition) is 1. The monoisotopic (exact) mass is 184 g/mol. The zero-order chi connectivity index (χ0) is 10.1. The Morgan fingerprint density at radius 3 is 2.62 bits per heavy atom. The lowest BCUT2D eigenvalue weighted by molar-refractivity contribution is 0.204. The van der Waals surface area contributed by atoms with E-state index in [4.69, 9.17) is 4.74 Å². The molecule has 0 amide bonds. The Balaban J connectivity index is 3.17. The first-order valence-electron chi connectivity index (χ1n) is 5.46. The highest BCUT2D eigenvalue weighted by Crippen LogP contribution is 2.11. The summed E-state index contributed by atoms with van der Waals surface area (Å²) in [6.45, 7) is 9.47. The van der Waals surface area contributed by atoms with Gasteiger partial charge in [-0.15, -0.1) is 0 Å². The van der Waals surface area contributed by atoms with Crippen molar-refractivity contribution in [1.82, 2.24) is 0 Å². The molecule has 0 saturated heterocycles. The summed E-state index contributed by atoms with van der Waals surface area (Å²) in [5, 5.41) is 0. The molecule has 0 spiro atoms. The minimum absolute atomic E-state index is 0.878. The molecular weight excluding hydrogens is 160 g/mol. The van der Waals surface area contributed by atoms with Crippen molar-refractivity contribution in [3.63, 3.8) is 0 Å². The molecule has 0 heterocycles. The van der Waals surface area contributed by atoms with Gasteiger partial charge in [0.2, 0.25) is 0 Å². The molecule has 0 saturated carbocycles. The van der Waals surface area contributed by atoms with Gasteiger partial charge in [-0.2, -0.15) is 0 Å². The highest BCUT2D eigenvalue weighted by atomic mass is 16.5. The Bertz CT molecular complexity index is 138. The molecular formula is C12H24O. The lowest BCUT2D eigenvalue weighted by Crippen LogP contribution is -1.96. The average Bonchev–Trinajstić information content (AvgIpc) is 2.16. The van der Waals surface area contributed by atoms with Crippen molar-refractivity contribution >= 4 is 0 Å². The van der Waals surface area contributed by atoms with Crippen LogP contribution in [-0.4, -0.2) is 6.61 Å². The first kappa shape index (κ1) is 12.5. The lowest BCUT2D eigenvalue weighted by Gasteiger charge is -2.08. The summed E-state index contributed by atoms with van der Waals surface area (Å²) >= 11 is 0. The zero-order valence-corrected chi connectivity index (χ0v) is 9.60. The number of hydrogen-bond donors (Lipinski definition) is 0. The quantitative estimate of drug-likeness (QED) is 0.427. The van der Waals surface area contributed by atoms with Gasteiger partial charge in [-0.3, -0.25) is 0 Å². The predicted molar refractivity (Wildman–Crippen MR) is 58.7 cm³/mol. The van der Waals surface area contributed by atoms with Gasteiger partial charge in [0, 0.05) is 0 Å². The van der Waals surface area contributed by atoms with Gasteiger partial charge in [0.25, 0.3) is 0 Å². The minimum Gasteiger partial charge on any atom is -0.499 e. The summed E-state index contributed by atoms with van der Waals surface area (Å²) in [6.07, 6.45) is 7.14. The molecule has 0 radical (unpaired) electrons. The highest BCUT2D eigenvalue weighted by molar-refractivity contribution is 4.83. The van der Waals surface area contributed by atoms with E-state index in [0.29, 0.717) is 0 Å². The molecule has 0 aliphatic carbocycles. The largest absolute Gasteiger partial charge is 0.499 e. The number of unbranched alkanes of at least 4 members (excludes halogenated alkanes) is 1. The molecule has 1 unspecified atom stereocenters. The molecule has 0 fully saturated rings. The number of allylic oxidation sites excluding steroid dienone is 2. The van der Waals surface area contributed by atoms with Crippen LogP contribution < -0.4 is 0 Å². The van der Waals surface area contributed by atoms with Gasteiger partial charge < -0.3 is 4.74 Å². The third-order valence-corrected chi connectivity index (χ3v) is 2.52. The van der Waals surface area contributed by atoms with Crippen LogP contribution in [0.3, 0.4) is 0 Å². The summed E-state index contributed by atoms with van der Waals surface area (Å²) in [4.78, 5) is 0. The molecule has 0 aromatic rings. The molecule has 0 bridgehead atoms. The van der Waals surface area contributed by atoms with Crippen LogP contribution in [-0.2, 0) is 4.74 Å². The third-order valence-electron chi connectivity index (χ3n) is 2.52. The average molecular weight is 184 g/mol. The maximum atomic E-state index is 5.47. The van der Waals surface area contributed by atoms with Gasteiger partial charge in [-0.25, -0.2) is 0 Å². The Kier molecular flexibility index (Phi) is 7.86. The second-order valence-corrected chi connectivity index (χ2v) is 3.76. The fourth-order valence-corrected chi connectivity index (χ4v) is 1.12. The highest BCUT2D eigenvalue weighted by Gasteiger charge is 1.97. The van der Waals surface area contributed by atoms with Crippen LogP contribution in [0.1, 0.15) is 53.4 Å². The summed E-state index contributed by atoms with van der Waals surface area (Å²) in [6, 6.07) is 0. The van der Waals surface area contributed by atoms with Crippen molar-refractivity contribution in [3.8, 4) is 0 Å². The van der Waals surface area contributed by atoms with E-state index in [1.54, 1.807) is 0 Å². The Labute approximate surface area is 83.2 Å². The predicted octanol–water partition coefficient (Wildman–Crippen LogP) is 4.14. The van der Waals surface area contributed by atoms with Gasteiger partial charge in [0.15, 0.2) is 0 Å². The first-order valence-corrected chi connectivity index (χ1v) is 5.46. The van der Waals surface area contributed by atoms with E-state index in [2.05, 4.69) is 13.8 Å². The third kappa shape index (κ3) is 7.89. The van der Waals surface area contributed by atoms with E-state index in [1.807, 2.05) is 19.9 Å². The molecule has 78 valence electrons. The molecule has 1 nitrogen and oxygen atoms in total. The smallest absolute Gasteiger partial charge is 0.0886 e. The second kappa shape index (κ2) is 8.15. The molecule has 13 heavy (non-hydrogen) atoms. The fourth-order valence-electron chi connectivity index (χ4n) is 1.12. The summed E-state index contributed by atoms with van der Waals surface area (Å²) in [5.41, 5.74) is 0. The van der Waals surface area contributed by atoms with Crippen molar-refractivity contribution in [2.24, 2.45) is 5.92 Å². The van der Waals surface area contributed by atoms with Gasteiger partial charge in [0.05, 0.1) is 12.4 Å². The SMILES string of the molecule is C/C=C(\C)OCCCCC(C)CC. The lowest BCUT2D eigenvalue weighted by atomic mass is 10.0. The van der Waals surface area contributed by atoms with Crippen LogP contribution in [0, 0.1) is 5.92 Å². The van der Waals surface area contributed by atoms with Crippen molar-refractivity contribution < 1.29 is 4.74 Å². The fraction of sp³-hybridized carbons (Fsp3) is 0.833. The second-order valence-electron chi connectivity index (χ2n) is 3.76. The summed E-state index contributed by atoms with van der Waals surface area (Å²) < 4.78 is 5.47. The van der Waals surface area contributed by atoms with Crippen LogP contribution in [0.15, 0.2) is 11.8 Å². The van der Waals surface area contributed by atoms with Crippen LogP contribution in [0.4, 0.5) is 0 Å². The van der Waals surface area contributed by atoms with Crippen LogP contribution in [0.5, 0.6) is 0 Å². The van der Waals surface area contributed by atoms with Crippen molar-refractivity contribution in [2.75, 3.05) is 6.61 Å². The topological polar surface area (TPSA) is 9.23 Å². The normalized spacial score (nSPS) is 14.3. The van der Waals surface area contributed by atoms with Crippen LogP contribution >= 0.6 is 0 Å². The molecule has 1 heteroatoms. The molecule has 0 aromatic carbocycles. The Morgan fingerprint density at radius 1 is 1.38 bits per heavy atom. The van der Waals surface area contributed by atoms with Crippen LogP contribution in [0.25, 0.3) is 0 Å². The molecule has 0 aliphatic rings. The standard InChI is InChI=1S/C12H24O/c1-5-11(3)9-7-8-10-13-12(4)6-2/h6,11H,5,7-10H2,1-4H3/b12-6+. The van der Waals surface area contributed by atoms with E-state index in [-0.39, 0.29) is 0 Å². The summed E-state index contributed by atoms with van der Waals surface area (Å²) in [5.74, 6) is 1.92. The van der Waals surface area contributed by atoms with Gasteiger partial charge in [-0.1, -0.05) is 32.8 Å². The van der Waals surface area contributed by atoms with E-state index < -0.39 is 0 Å². The molecule has 0 rings (SSSR count). The van der Waals surface area contributed by atoms with E-state index in [0.717, 1.165) is 18.3 Å². The molecule has 0 aromatic heterocycles. The first-order chi connectivity index (χ1) is 6.20. The number of ether oxygens (including phenoxy) is 1. The zero-order valence-electron chi connectivity index (χ0n) is 9.60. The summed E-state index contributed by atoms with van der Waals surface area (Å²) in [7, 11) is 0. The molecule has 1 atom stereocenters. The number of rotatable bonds is 7. The molecule has 0 aliphatic heterocycles. The van der Waals surface area contributed by atoms with Crippen LogP contribution in [0.2, 0.25) is 0 Å². The van der Waals surface area contributed by atoms with Gasteiger partial charge >= 0.3 is 0 Å². The maximum absolute atomic E-state index is 5.47. The van der Waals surface area contributed by atoms with E-state index in [9.17, 15) is 0 Å². The van der Waals surface area contributed by atoms with Gasteiger partial charge in [0.1, 0.15) is 0 Å². The maximum Gasteiger partial charge on any atom is 0.0886 e. The van der Waals surface area contributed by atoms with E-state index in [1.165, 1.54) is 25.7 Å².